The summed E-state index contributed by atoms with van der Waals surface area (Å²) in [7, 11) is 1.51. The largest absolute Gasteiger partial charge is 0.507 e. The van der Waals surface area contributed by atoms with Crippen LogP contribution in [0.1, 0.15) is 17.3 Å². The van der Waals surface area contributed by atoms with E-state index in [0.29, 0.717) is 0 Å². The molecule has 0 radical (unpaired) electrons. The molecule has 1 atom stereocenters. The van der Waals surface area contributed by atoms with Crippen LogP contribution in [-0.4, -0.2) is 40.7 Å². The van der Waals surface area contributed by atoms with Gasteiger partial charge in [-0.15, -0.1) is 0 Å². The van der Waals surface area contributed by atoms with Gasteiger partial charge < -0.3 is 15.1 Å². The summed E-state index contributed by atoms with van der Waals surface area (Å²) in [6, 6.07) is 2.83. The van der Waals surface area contributed by atoms with E-state index in [9.17, 15) is 14.3 Å². The zero-order valence-electron chi connectivity index (χ0n) is 9.14. The van der Waals surface area contributed by atoms with Crippen LogP contribution in [0.4, 0.5) is 4.39 Å². The quantitative estimate of drug-likeness (QED) is 0.809. The van der Waals surface area contributed by atoms with Gasteiger partial charge in [0.05, 0.1) is 18.2 Å². The van der Waals surface area contributed by atoms with Crippen LogP contribution in [0.15, 0.2) is 18.2 Å². The molecule has 0 aliphatic carbocycles. The van der Waals surface area contributed by atoms with Crippen LogP contribution in [-0.2, 0) is 0 Å². The molecule has 2 N–H and O–H groups in total. The van der Waals surface area contributed by atoms with Crippen LogP contribution in [0.5, 0.6) is 5.75 Å². The number of amides is 1. The molecule has 0 aliphatic heterocycles. The van der Waals surface area contributed by atoms with E-state index in [4.69, 9.17) is 5.11 Å². The number of benzene rings is 1. The molecule has 0 fully saturated rings. The number of rotatable bonds is 3. The number of phenolic OH excluding ortho intramolecular Hbond substituents is 1. The lowest BCUT2D eigenvalue weighted by molar-refractivity contribution is 0.0679. The van der Waals surface area contributed by atoms with Gasteiger partial charge in [0.15, 0.2) is 0 Å². The normalized spacial score (nSPS) is 12.2. The van der Waals surface area contributed by atoms with E-state index in [2.05, 4.69) is 0 Å². The van der Waals surface area contributed by atoms with E-state index < -0.39 is 17.5 Å². The fourth-order valence-electron chi connectivity index (χ4n) is 1.20. The molecule has 1 rings (SSSR count). The Morgan fingerprint density at radius 1 is 1.56 bits per heavy atom. The number of likely N-dealkylation sites (N-methyl/N-ethyl adjacent to an activating group) is 1. The molecular weight excluding hydrogens is 213 g/mol. The molecule has 0 bridgehead atoms. The second-order valence-corrected chi connectivity index (χ2v) is 3.61. The van der Waals surface area contributed by atoms with E-state index in [1.165, 1.54) is 18.0 Å². The minimum absolute atomic E-state index is 0.0178. The Balaban J connectivity index is 2.96. The monoisotopic (exact) mass is 227 g/mol. The average Bonchev–Trinajstić information content (AvgIpc) is 2.26. The second kappa shape index (κ2) is 4.94. The van der Waals surface area contributed by atoms with Gasteiger partial charge in [-0.1, -0.05) is 0 Å². The summed E-state index contributed by atoms with van der Waals surface area (Å²) >= 11 is 0. The van der Waals surface area contributed by atoms with Gasteiger partial charge in [-0.05, 0) is 19.1 Å². The van der Waals surface area contributed by atoms with Crippen molar-refractivity contribution in [2.24, 2.45) is 0 Å². The predicted molar refractivity (Wildman–Crippen MR) is 56.7 cm³/mol. The molecule has 1 amide bonds. The summed E-state index contributed by atoms with van der Waals surface area (Å²) in [5, 5.41) is 18.3. The van der Waals surface area contributed by atoms with Crippen molar-refractivity contribution in [1.29, 1.82) is 0 Å². The molecule has 0 heterocycles. The van der Waals surface area contributed by atoms with E-state index in [0.717, 1.165) is 12.1 Å². The van der Waals surface area contributed by atoms with E-state index >= 15 is 0 Å². The molecule has 0 saturated carbocycles. The standard InChI is InChI=1S/C11H14FNO3/c1-7(6-14)13(2)11(16)9-4-3-8(12)5-10(9)15/h3-5,7,14-15H,6H2,1-2H3. The number of carbonyl (C=O) groups is 1. The number of hydrogen-bond donors (Lipinski definition) is 2. The third-order valence-electron chi connectivity index (χ3n) is 2.44. The fraction of sp³-hybridized carbons (Fsp3) is 0.364. The van der Waals surface area contributed by atoms with Gasteiger partial charge in [-0.2, -0.15) is 0 Å². The van der Waals surface area contributed by atoms with Crippen LogP contribution >= 0.6 is 0 Å². The lowest BCUT2D eigenvalue weighted by atomic mass is 10.1. The van der Waals surface area contributed by atoms with Crippen molar-refractivity contribution < 1.29 is 19.4 Å². The van der Waals surface area contributed by atoms with Crippen molar-refractivity contribution in [3.05, 3.63) is 29.6 Å². The Labute approximate surface area is 92.9 Å². The molecule has 0 aliphatic rings. The smallest absolute Gasteiger partial charge is 0.257 e. The van der Waals surface area contributed by atoms with Crippen LogP contribution in [0.3, 0.4) is 0 Å². The highest BCUT2D eigenvalue weighted by atomic mass is 19.1. The molecule has 4 nitrogen and oxygen atoms in total. The first-order chi connectivity index (χ1) is 7.47. The van der Waals surface area contributed by atoms with Crippen LogP contribution in [0.25, 0.3) is 0 Å². The molecule has 0 saturated heterocycles. The maximum absolute atomic E-state index is 12.7. The molecular formula is C11H14FNO3. The van der Waals surface area contributed by atoms with Gasteiger partial charge in [0.2, 0.25) is 0 Å². The number of halogens is 1. The van der Waals surface area contributed by atoms with Crippen molar-refractivity contribution in [1.82, 2.24) is 4.90 Å². The Hall–Kier alpha value is -1.62. The average molecular weight is 227 g/mol. The lowest BCUT2D eigenvalue weighted by Crippen LogP contribution is -2.37. The van der Waals surface area contributed by atoms with Crippen LogP contribution in [0.2, 0.25) is 0 Å². The first-order valence-electron chi connectivity index (χ1n) is 4.84. The maximum Gasteiger partial charge on any atom is 0.257 e. The zero-order valence-corrected chi connectivity index (χ0v) is 9.14. The Kier molecular flexibility index (Phi) is 3.84. The Morgan fingerprint density at radius 3 is 2.69 bits per heavy atom. The lowest BCUT2D eigenvalue weighted by Gasteiger charge is -2.23. The fourth-order valence-corrected chi connectivity index (χ4v) is 1.20. The maximum atomic E-state index is 12.7. The highest BCUT2D eigenvalue weighted by molar-refractivity contribution is 5.96. The molecule has 1 aromatic carbocycles. The van der Waals surface area contributed by atoms with Gasteiger partial charge in [0, 0.05) is 13.1 Å². The molecule has 1 aromatic rings. The minimum atomic E-state index is -0.605. The van der Waals surface area contributed by atoms with Crippen molar-refractivity contribution >= 4 is 5.91 Å². The second-order valence-electron chi connectivity index (χ2n) is 3.61. The van der Waals surface area contributed by atoms with Crippen molar-refractivity contribution in [2.45, 2.75) is 13.0 Å². The van der Waals surface area contributed by atoms with Gasteiger partial charge in [0.25, 0.3) is 5.91 Å². The first-order valence-corrected chi connectivity index (χ1v) is 4.84. The minimum Gasteiger partial charge on any atom is -0.507 e. The third kappa shape index (κ3) is 2.49. The topological polar surface area (TPSA) is 60.8 Å². The summed E-state index contributed by atoms with van der Waals surface area (Å²) in [6.45, 7) is 1.49. The van der Waals surface area contributed by atoms with Gasteiger partial charge in [0.1, 0.15) is 11.6 Å². The number of carbonyl (C=O) groups excluding carboxylic acids is 1. The summed E-state index contributed by atoms with van der Waals surface area (Å²) in [5.74, 6) is -1.46. The highest BCUT2D eigenvalue weighted by Gasteiger charge is 2.19. The predicted octanol–water partition coefficient (Wildman–Crippen LogP) is 0.984. The number of aliphatic hydroxyl groups is 1. The number of aromatic hydroxyl groups is 1. The van der Waals surface area contributed by atoms with Crippen molar-refractivity contribution in [3.8, 4) is 5.75 Å². The third-order valence-corrected chi connectivity index (χ3v) is 2.44. The molecule has 0 spiro atoms. The van der Waals surface area contributed by atoms with Crippen molar-refractivity contribution in [2.75, 3.05) is 13.7 Å². The molecule has 1 unspecified atom stereocenters. The number of aliphatic hydroxyl groups excluding tert-OH is 1. The van der Waals surface area contributed by atoms with Crippen LogP contribution in [0, 0.1) is 5.82 Å². The molecule has 5 heteroatoms. The highest BCUT2D eigenvalue weighted by Crippen LogP contribution is 2.20. The number of phenols is 1. The van der Waals surface area contributed by atoms with Gasteiger partial charge in [-0.25, -0.2) is 4.39 Å². The van der Waals surface area contributed by atoms with E-state index in [1.54, 1.807) is 6.92 Å². The Morgan fingerprint density at radius 2 is 2.19 bits per heavy atom. The first kappa shape index (κ1) is 12.4. The van der Waals surface area contributed by atoms with Gasteiger partial charge >= 0.3 is 0 Å². The molecule has 16 heavy (non-hydrogen) atoms. The number of nitrogens with zero attached hydrogens (tertiary/aromatic N) is 1. The molecule has 88 valence electrons. The number of hydrogen-bond acceptors (Lipinski definition) is 3. The van der Waals surface area contributed by atoms with Crippen LogP contribution < -0.4 is 0 Å². The zero-order chi connectivity index (χ0) is 12.3. The SMILES string of the molecule is CC(CO)N(C)C(=O)c1ccc(F)cc1O. The summed E-state index contributed by atoms with van der Waals surface area (Å²) in [4.78, 5) is 13.1. The van der Waals surface area contributed by atoms with E-state index in [-0.39, 0.29) is 18.2 Å². The Bertz CT molecular complexity index is 395. The molecule has 0 aromatic heterocycles. The van der Waals surface area contributed by atoms with Gasteiger partial charge in [-0.3, -0.25) is 4.79 Å². The van der Waals surface area contributed by atoms with E-state index in [1.807, 2.05) is 0 Å². The summed E-state index contributed by atoms with van der Waals surface area (Å²) in [5.41, 5.74) is 0.0178. The summed E-state index contributed by atoms with van der Waals surface area (Å²) < 4.78 is 12.7. The summed E-state index contributed by atoms with van der Waals surface area (Å²) in [6.07, 6.45) is 0. The van der Waals surface area contributed by atoms with Crippen molar-refractivity contribution in [3.63, 3.8) is 0 Å².